The number of carbonyl (C=O) groups is 1. The molecule has 1 amide bonds. The Hall–Kier alpha value is -2.20. The lowest BCUT2D eigenvalue weighted by molar-refractivity contribution is 0.0955. The molecule has 0 fully saturated rings. The van der Waals surface area contributed by atoms with Gasteiger partial charge in [0, 0.05) is 44.4 Å². The van der Waals surface area contributed by atoms with Crippen molar-refractivity contribution >= 4 is 22.2 Å². The van der Waals surface area contributed by atoms with Gasteiger partial charge in [-0.1, -0.05) is 11.3 Å². The fourth-order valence-corrected chi connectivity index (χ4v) is 2.82. The predicted molar refractivity (Wildman–Crippen MR) is 75.7 cm³/mol. The van der Waals surface area contributed by atoms with Gasteiger partial charge in [-0.3, -0.25) is 9.20 Å². The van der Waals surface area contributed by atoms with Gasteiger partial charge in [0.25, 0.3) is 5.91 Å². The number of rotatable bonds is 6. The number of hydrogen-bond donors (Lipinski definition) is 1. The Kier molecular flexibility index (Phi) is 3.24. The van der Waals surface area contributed by atoms with Crippen molar-refractivity contribution in [3.8, 4) is 12.3 Å². The quantitative estimate of drug-likeness (QED) is 0.826. The number of thiazole rings is 1. The molecule has 7 heteroatoms. The fraction of sp³-hybridized carbons (Fsp3) is 0.385. The largest absolute Gasteiger partial charge is 0.351 e. The highest BCUT2D eigenvalue weighted by molar-refractivity contribution is 7.18. The summed E-state index contributed by atoms with van der Waals surface area (Å²) in [5.41, 5.74) is -0.344. The first-order chi connectivity index (χ1) is 9.72. The van der Waals surface area contributed by atoms with Crippen LogP contribution in [0, 0.1) is 12.3 Å². The van der Waals surface area contributed by atoms with Gasteiger partial charge in [0.2, 0.25) is 0 Å². The summed E-state index contributed by atoms with van der Waals surface area (Å²) >= 11 is 1.37. The highest BCUT2D eigenvalue weighted by Gasteiger charge is 2.38. The van der Waals surface area contributed by atoms with Crippen LogP contribution in [0.2, 0.25) is 0 Å². The van der Waals surface area contributed by atoms with Crippen LogP contribution in [0.25, 0.3) is 4.96 Å². The zero-order chi connectivity index (χ0) is 14.0. The van der Waals surface area contributed by atoms with E-state index in [1.54, 1.807) is 12.4 Å². The highest BCUT2D eigenvalue weighted by atomic mass is 32.1. The lowest BCUT2D eigenvalue weighted by Crippen LogP contribution is -2.27. The first kappa shape index (κ1) is 12.8. The summed E-state index contributed by atoms with van der Waals surface area (Å²) in [6.45, 7) is 0.538. The van der Waals surface area contributed by atoms with Crippen LogP contribution in [0.1, 0.15) is 28.9 Å². The van der Waals surface area contributed by atoms with Gasteiger partial charge in [0.05, 0.1) is 0 Å². The molecule has 6 nitrogen and oxygen atoms in total. The number of imidazole rings is 1. The molecule has 0 aliphatic carbocycles. The number of fused-ring (bicyclic) bond motifs is 1. The van der Waals surface area contributed by atoms with E-state index in [-0.39, 0.29) is 11.6 Å². The maximum Gasteiger partial charge on any atom is 0.263 e. The Morgan fingerprint density at radius 3 is 3.05 bits per heavy atom. The fourth-order valence-electron chi connectivity index (χ4n) is 1.96. The van der Waals surface area contributed by atoms with Crippen LogP contribution in [0.15, 0.2) is 28.8 Å². The number of carbonyl (C=O) groups excluding carboxylic acids is 1. The van der Waals surface area contributed by atoms with Gasteiger partial charge in [0.15, 0.2) is 10.6 Å². The number of amides is 1. The molecule has 3 rings (SSSR count). The number of hydrogen-bond acceptors (Lipinski definition) is 5. The minimum Gasteiger partial charge on any atom is -0.351 e. The van der Waals surface area contributed by atoms with Crippen LogP contribution in [0.3, 0.4) is 0 Å². The second-order valence-corrected chi connectivity index (χ2v) is 5.61. The minimum absolute atomic E-state index is 0.0896. The molecule has 3 heterocycles. The third kappa shape index (κ3) is 2.56. The number of nitrogens with zero attached hydrogens (tertiary/aromatic N) is 4. The van der Waals surface area contributed by atoms with Gasteiger partial charge < -0.3 is 5.32 Å². The van der Waals surface area contributed by atoms with Gasteiger partial charge in [-0.15, -0.1) is 12.3 Å². The van der Waals surface area contributed by atoms with Crippen molar-refractivity contribution in [3.63, 3.8) is 0 Å². The smallest absolute Gasteiger partial charge is 0.263 e. The van der Waals surface area contributed by atoms with Crippen molar-refractivity contribution in [2.24, 2.45) is 10.2 Å². The third-order valence-corrected chi connectivity index (χ3v) is 4.19. The first-order valence-corrected chi connectivity index (χ1v) is 7.12. The molecule has 0 unspecified atom stereocenters. The Morgan fingerprint density at radius 2 is 2.35 bits per heavy atom. The van der Waals surface area contributed by atoms with Crippen LogP contribution in [0.5, 0.6) is 0 Å². The summed E-state index contributed by atoms with van der Waals surface area (Å²) in [7, 11) is 0. The maximum atomic E-state index is 12.0. The van der Waals surface area contributed by atoms with E-state index in [4.69, 9.17) is 6.42 Å². The van der Waals surface area contributed by atoms with E-state index in [2.05, 4.69) is 26.4 Å². The normalized spacial score (nSPS) is 15.2. The molecule has 20 heavy (non-hydrogen) atoms. The Morgan fingerprint density at radius 1 is 1.50 bits per heavy atom. The van der Waals surface area contributed by atoms with E-state index in [1.165, 1.54) is 11.3 Å². The van der Waals surface area contributed by atoms with Crippen molar-refractivity contribution < 1.29 is 4.79 Å². The summed E-state index contributed by atoms with van der Waals surface area (Å²) in [5.74, 6) is 2.50. The molecule has 0 saturated heterocycles. The third-order valence-electron chi connectivity index (χ3n) is 3.18. The second kappa shape index (κ2) is 5.06. The summed E-state index contributed by atoms with van der Waals surface area (Å²) in [4.78, 5) is 17.6. The summed E-state index contributed by atoms with van der Waals surface area (Å²) < 4.78 is 1.83. The van der Waals surface area contributed by atoms with Gasteiger partial charge in [-0.25, -0.2) is 4.98 Å². The summed E-state index contributed by atoms with van der Waals surface area (Å²) in [6, 6.07) is 0. The van der Waals surface area contributed by atoms with Gasteiger partial charge in [-0.05, 0) is 0 Å². The lowest BCUT2D eigenvalue weighted by Gasteiger charge is -2.08. The molecule has 1 aliphatic heterocycles. The zero-order valence-electron chi connectivity index (χ0n) is 10.7. The summed E-state index contributed by atoms with van der Waals surface area (Å²) in [6.07, 6.45) is 12.6. The lowest BCUT2D eigenvalue weighted by atomic mass is 10.0. The van der Waals surface area contributed by atoms with Gasteiger partial charge in [-0.2, -0.15) is 10.2 Å². The molecule has 0 aromatic carbocycles. The van der Waals surface area contributed by atoms with Gasteiger partial charge >= 0.3 is 0 Å². The Bertz CT molecular complexity index is 673. The Labute approximate surface area is 119 Å². The molecule has 1 aliphatic rings. The first-order valence-electron chi connectivity index (χ1n) is 6.31. The van der Waals surface area contributed by atoms with Crippen LogP contribution in [-0.4, -0.2) is 27.5 Å². The van der Waals surface area contributed by atoms with Crippen molar-refractivity contribution in [2.75, 3.05) is 6.54 Å². The molecule has 2 aromatic heterocycles. The molecule has 0 saturated carbocycles. The van der Waals surface area contributed by atoms with E-state index < -0.39 is 0 Å². The summed E-state index contributed by atoms with van der Waals surface area (Å²) in [5, 5.41) is 10.9. The predicted octanol–water partition coefficient (Wildman–Crippen LogP) is 2.09. The van der Waals surface area contributed by atoms with Crippen molar-refractivity contribution in [3.05, 3.63) is 23.5 Å². The molecule has 1 N–H and O–H groups in total. The molecular formula is C13H13N5OS. The van der Waals surface area contributed by atoms with E-state index in [0.29, 0.717) is 24.3 Å². The second-order valence-electron chi connectivity index (χ2n) is 4.60. The molecule has 0 atom stereocenters. The highest BCUT2D eigenvalue weighted by Crippen LogP contribution is 2.36. The average Bonchev–Trinajstić information content (AvgIpc) is 2.87. The van der Waals surface area contributed by atoms with Crippen LogP contribution < -0.4 is 5.32 Å². The maximum absolute atomic E-state index is 12.0. The van der Waals surface area contributed by atoms with Crippen LogP contribution in [0.4, 0.5) is 0 Å². The van der Waals surface area contributed by atoms with E-state index in [9.17, 15) is 4.79 Å². The van der Waals surface area contributed by atoms with E-state index in [0.717, 1.165) is 11.4 Å². The molecular weight excluding hydrogens is 274 g/mol. The standard InChI is InChI=1S/C13H13N5OS/c1-2-3-4-13(16-17-13)5-6-14-11(19)10-9-18-8-7-15-12(18)20-10/h1,7-9H,3-6H2,(H,14,19). The Balaban J connectivity index is 1.50. The van der Waals surface area contributed by atoms with Crippen molar-refractivity contribution in [1.29, 1.82) is 0 Å². The number of nitrogens with one attached hydrogen (secondary N) is 1. The number of terminal acetylenes is 1. The molecule has 2 aromatic rings. The number of aromatic nitrogens is 2. The topological polar surface area (TPSA) is 71.1 Å². The van der Waals surface area contributed by atoms with Crippen molar-refractivity contribution in [1.82, 2.24) is 14.7 Å². The molecule has 102 valence electrons. The SMILES string of the molecule is C#CCCC1(CCNC(=O)c2cn3ccnc3s2)N=N1. The average molecular weight is 287 g/mol. The molecule has 0 spiro atoms. The van der Waals surface area contributed by atoms with Crippen LogP contribution in [-0.2, 0) is 0 Å². The molecule has 0 radical (unpaired) electrons. The van der Waals surface area contributed by atoms with Crippen molar-refractivity contribution in [2.45, 2.75) is 24.9 Å². The van der Waals surface area contributed by atoms with Crippen LogP contribution >= 0.6 is 11.3 Å². The molecule has 0 bridgehead atoms. The zero-order valence-corrected chi connectivity index (χ0v) is 11.6. The van der Waals surface area contributed by atoms with Gasteiger partial charge in [0.1, 0.15) is 4.88 Å². The minimum atomic E-state index is -0.344. The van der Waals surface area contributed by atoms with E-state index in [1.807, 2.05) is 10.6 Å². The van der Waals surface area contributed by atoms with E-state index >= 15 is 0 Å². The monoisotopic (exact) mass is 287 g/mol.